The minimum Gasteiger partial charge on any atom is -0.466 e. The molecule has 0 radical (unpaired) electrons. The van der Waals surface area contributed by atoms with Gasteiger partial charge < -0.3 is 10.5 Å². The van der Waals surface area contributed by atoms with E-state index < -0.39 is 0 Å². The predicted octanol–water partition coefficient (Wildman–Crippen LogP) is 1.60. The topological polar surface area (TPSA) is 76.1 Å². The molecule has 0 bridgehead atoms. The van der Waals surface area contributed by atoms with Crippen LogP contribution in [0.25, 0.3) is 0 Å². The summed E-state index contributed by atoms with van der Waals surface area (Å²) in [6.45, 7) is 2.27. The molecule has 0 amide bonds. The number of rotatable bonds is 4. The average molecular weight is 224 g/mol. The number of esters is 1. The van der Waals surface area contributed by atoms with E-state index in [0.29, 0.717) is 24.9 Å². The van der Waals surface area contributed by atoms with Gasteiger partial charge in [-0.05, 0) is 44.4 Å². The first-order valence-corrected chi connectivity index (χ1v) is 5.98. The van der Waals surface area contributed by atoms with Gasteiger partial charge in [0.25, 0.3) is 0 Å². The normalized spacial score (nSPS) is 26.8. The number of ether oxygens (including phenoxy) is 1. The number of nitriles is 1. The molecule has 1 rings (SSSR count). The molecule has 4 heteroatoms. The summed E-state index contributed by atoms with van der Waals surface area (Å²) in [7, 11) is 0. The van der Waals surface area contributed by atoms with Gasteiger partial charge >= 0.3 is 5.97 Å². The summed E-state index contributed by atoms with van der Waals surface area (Å²) in [6, 6.07) is 1.75. The summed E-state index contributed by atoms with van der Waals surface area (Å²) in [5.74, 6) is 0.625. The van der Waals surface area contributed by atoms with Crippen molar-refractivity contribution in [2.45, 2.75) is 45.1 Å². The van der Waals surface area contributed by atoms with Crippen LogP contribution >= 0.6 is 0 Å². The van der Waals surface area contributed by atoms with Crippen molar-refractivity contribution < 1.29 is 9.53 Å². The zero-order valence-electron chi connectivity index (χ0n) is 9.82. The summed E-state index contributed by atoms with van der Waals surface area (Å²) in [6.07, 6.45) is 4.40. The van der Waals surface area contributed by atoms with Gasteiger partial charge in [0.2, 0.25) is 0 Å². The molecule has 1 saturated carbocycles. The second kappa shape index (κ2) is 6.49. The van der Waals surface area contributed by atoms with E-state index in [9.17, 15) is 4.79 Å². The number of hydrogen-bond donors (Lipinski definition) is 1. The van der Waals surface area contributed by atoms with Crippen LogP contribution in [0.1, 0.15) is 39.0 Å². The Hall–Kier alpha value is -1.08. The van der Waals surface area contributed by atoms with Crippen molar-refractivity contribution in [3.05, 3.63) is 0 Å². The highest BCUT2D eigenvalue weighted by atomic mass is 16.5. The van der Waals surface area contributed by atoms with Crippen LogP contribution in [0.15, 0.2) is 0 Å². The Kier molecular flexibility index (Phi) is 5.27. The SMILES string of the molecule is CCOC(=O)C[C@H]1CC[C@H](C(N)C#N)CC1. The molecule has 1 aliphatic rings. The molecule has 1 unspecified atom stereocenters. The number of hydrogen-bond acceptors (Lipinski definition) is 4. The Bertz CT molecular complexity index is 265. The fraction of sp³-hybridized carbons (Fsp3) is 0.833. The highest BCUT2D eigenvalue weighted by Gasteiger charge is 2.26. The molecule has 0 aromatic carbocycles. The summed E-state index contributed by atoms with van der Waals surface area (Å²) in [5.41, 5.74) is 5.69. The molecule has 1 atom stereocenters. The van der Waals surface area contributed by atoms with Gasteiger partial charge in [0.05, 0.1) is 18.7 Å². The maximum Gasteiger partial charge on any atom is 0.306 e. The van der Waals surface area contributed by atoms with Crippen molar-refractivity contribution in [3.63, 3.8) is 0 Å². The van der Waals surface area contributed by atoms with Gasteiger partial charge in [-0.1, -0.05) is 0 Å². The van der Waals surface area contributed by atoms with E-state index in [1.165, 1.54) is 0 Å². The van der Waals surface area contributed by atoms with E-state index in [0.717, 1.165) is 25.7 Å². The molecular weight excluding hydrogens is 204 g/mol. The van der Waals surface area contributed by atoms with Crippen molar-refractivity contribution >= 4 is 5.97 Å². The van der Waals surface area contributed by atoms with E-state index in [1.807, 2.05) is 6.92 Å². The van der Waals surface area contributed by atoms with Crippen LogP contribution < -0.4 is 5.73 Å². The van der Waals surface area contributed by atoms with Crippen molar-refractivity contribution in [2.24, 2.45) is 17.6 Å². The van der Waals surface area contributed by atoms with Crippen molar-refractivity contribution in [3.8, 4) is 6.07 Å². The molecule has 0 aromatic rings. The molecule has 0 heterocycles. The lowest BCUT2D eigenvalue weighted by Gasteiger charge is -2.28. The monoisotopic (exact) mass is 224 g/mol. The number of nitrogens with zero attached hydrogens (tertiary/aromatic N) is 1. The zero-order valence-corrected chi connectivity index (χ0v) is 9.82. The summed E-state index contributed by atoms with van der Waals surface area (Å²) in [5, 5.41) is 8.72. The third kappa shape index (κ3) is 3.82. The maximum atomic E-state index is 11.3. The van der Waals surface area contributed by atoms with E-state index in [1.54, 1.807) is 0 Å². The Morgan fingerprint density at radius 2 is 2.12 bits per heavy atom. The van der Waals surface area contributed by atoms with Crippen molar-refractivity contribution in [1.29, 1.82) is 5.26 Å². The largest absolute Gasteiger partial charge is 0.466 e. The minimum absolute atomic E-state index is 0.101. The fourth-order valence-electron chi connectivity index (χ4n) is 2.31. The average Bonchev–Trinajstić information content (AvgIpc) is 2.29. The molecule has 1 aliphatic carbocycles. The van der Waals surface area contributed by atoms with Gasteiger partial charge in [0.15, 0.2) is 0 Å². The lowest BCUT2D eigenvalue weighted by atomic mass is 9.78. The Balaban J connectivity index is 2.27. The van der Waals surface area contributed by atoms with Crippen LogP contribution in [0.2, 0.25) is 0 Å². The molecule has 16 heavy (non-hydrogen) atoms. The first kappa shape index (κ1) is 13.0. The molecule has 2 N–H and O–H groups in total. The van der Waals surface area contributed by atoms with Gasteiger partial charge in [-0.15, -0.1) is 0 Å². The number of carbonyl (C=O) groups excluding carboxylic acids is 1. The predicted molar refractivity (Wildman–Crippen MR) is 60.3 cm³/mol. The number of carbonyl (C=O) groups is 1. The van der Waals surface area contributed by atoms with E-state index in [-0.39, 0.29) is 12.0 Å². The highest BCUT2D eigenvalue weighted by Crippen LogP contribution is 2.32. The third-order valence-corrected chi connectivity index (χ3v) is 3.31. The number of nitrogens with two attached hydrogens (primary N) is 1. The Morgan fingerprint density at radius 1 is 1.50 bits per heavy atom. The van der Waals surface area contributed by atoms with Crippen LogP contribution in [0, 0.1) is 23.2 Å². The lowest BCUT2D eigenvalue weighted by molar-refractivity contribution is -0.144. The third-order valence-electron chi connectivity index (χ3n) is 3.31. The van der Waals surface area contributed by atoms with Gasteiger partial charge in [-0.25, -0.2) is 0 Å². The first-order chi connectivity index (χ1) is 7.67. The van der Waals surface area contributed by atoms with Crippen molar-refractivity contribution in [2.75, 3.05) is 6.61 Å². The van der Waals surface area contributed by atoms with Crippen LogP contribution in [-0.4, -0.2) is 18.6 Å². The standard InChI is InChI=1S/C12H20N2O2/c1-2-16-12(15)7-9-3-5-10(6-4-9)11(14)8-13/h9-11H,2-7,14H2,1H3/t9-,10-,11?. The van der Waals surface area contributed by atoms with E-state index in [4.69, 9.17) is 15.7 Å². The molecule has 4 nitrogen and oxygen atoms in total. The van der Waals surface area contributed by atoms with Crippen LogP contribution in [0.4, 0.5) is 0 Å². The second-order valence-electron chi connectivity index (χ2n) is 4.44. The fourth-order valence-corrected chi connectivity index (χ4v) is 2.31. The quantitative estimate of drug-likeness (QED) is 0.736. The summed E-state index contributed by atoms with van der Waals surface area (Å²) in [4.78, 5) is 11.3. The van der Waals surface area contributed by atoms with Crippen LogP contribution in [0.5, 0.6) is 0 Å². The van der Waals surface area contributed by atoms with E-state index >= 15 is 0 Å². The smallest absolute Gasteiger partial charge is 0.306 e. The van der Waals surface area contributed by atoms with Gasteiger partial charge in [0, 0.05) is 6.42 Å². The Labute approximate surface area is 96.8 Å². The Morgan fingerprint density at radius 3 is 2.62 bits per heavy atom. The molecule has 1 fully saturated rings. The van der Waals surface area contributed by atoms with Crippen LogP contribution in [-0.2, 0) is 9.53 Å². The molecule has 0 spiro atoms. The molecule has 0 saturated heterocycles. The highest BCUT2D eigenvalue weighted by molar-refractivity contribution is 5.69. The van der Waals surface area contributed by atoms with Gasteiger partial charge in [0.1, 0.15) is 0 Å². The van der Waals surface area contributed by atoms with E-state index in [2.05, 4.69) is 6.07 Å². The summed E-state index contributed by atoms with van der Waals surface area (Å²) >= 11 is 0. The molecule has 0 aromatic heterocycles. The molecule has 0 aliphatic heterocycles. The van der Waals surface area contributed by atoms with Gasteiger partial charge in [-0.3, -0.25) is 4.79 Å². The first-order valence-electron chi connectivity index (χ1n) is 5.98. The van der Waals surface area contributed by atoms with Crippen molar-refractivity contribution in [1.82, 2.24) is 0 Å². The van der Waals surface area contributed by atoms with Crippen LogP contribution in [0.3, 0.4) is 0 Å². The minimum atomic E-state index is -0.344. The molecular formula is C12H20N2O2. The zero-order chi connectivity index (χ0) is 12.0. The summed E-state index contributed by atoms with van der Waals surface area (Å²) < 4.78 is 4.92. The maximum absolute atomic E-state index is 11.3. The molecule has 90 valence electrons. The van der Waals surface area contributed by atoms with Gasteiger partial charge in [-0.2, -0.15) is 5.26 Å². The second-order valence-corrected chi connectivity index (χ2v) is 4.44. The lowest BCUT2D eigenvalue weighted by Crippen LogP contribution is -2.32.